The maximum Gasteiger partial charge on any atom is 0.227 e. The Morgan fingerprint density at radius 1 is 1.03 bits per heavy atom. The number of rotatable bonds is 5. The second kappa shape index (κ2) is 8.81. The van der Waals surface area contributed by atoms with Gasteiger partial charge in [0.1, 0.15) is 11.6 Å². The highest BCUT2D eigenvalue weighted by Gasteiger charge is 2.42. The number of benzene rings is 1. The lowest BCUT2D eigenvalue weighted by Crippen LogP contribution is -2.44. The summed E-state index contributed by atoms with van der Waals surface area (Å²) < 4.78 is 20.4. The molecule has 3 aliphatic heterocycles. The molecule has 3 saturated heterocycles. The summed E-state index contributed by atoms with van der Waals surface area (Å²) >= 11 is 0. The molecule has 0 unspecified atom stereocenters. The van der Waals surface area contributed by atoms with Crippen LogP contribution in [-0.2, 0) is 4.74 Å². The van der Waals surface area contributed by atoms with E-state index in [4.69, 9.17) is 4.74 Å². The van der Waals surface area contributed by atoms with Crippen LogP contribution in [0.1, 0.15) is 6.42 Å². The smallest absolute Gasteiger partial charge is 0.227 e. The summed E-state index contributed by atoms with van der Waals surface area (Å²) in [5, 5.41) is 3.15. The van der Waals surface area contributed by atoms with E-state index in [1.54, 1.807) is 6.20 Å². The Hall–Kier alpha value is -3.30. The zero-order valence-corrected chi connectivity index (χ0v) is 19.2. The zero-order valence-electron chi connectivity index (χ0n) is 19.2. The highest BCUT2D eigenvalue weighted by atomic mass is 19.1. The lowest BCUT2D eigenvalue weighted by Gasteiger charge is -2.33. The minimum absolute atomic E-state index is 0.223. The van der Waals surface area contributed by atoms with E-state index < -0.39 is 0 Å². The molecule has 1 aromatic carbocycles. The van der Waals surface area contributed by atoms with Gasteiger partial charge in [0.05, 0.1) is 24.6 Å². The van der Waals surface area contributed by atoms with Crippen LogP contribution in [0.25, 0.3) is 11.3 Å². The van der Waals surface area contributed by atoms with E-state index in [2.05, 4.69) is 42.0 Å². The van der Waals surface area contributed by atoms with Gasteiger partial charge in [0.25, 0.3) is 0 Å². The normalized spacial score (nSPS) is 22.4. The van der Waals surface area contributed by atoms with Crippen LogP contribution in [0.4, 0.5) is 27.5 Å². The van der Waals surface area contributed by atoms with Gasteiger partial charge in [-0.2, -0.15) is 0 Å². The maximum atomic E-state index is 15.0. The number of hydrogen-bond donors (Lipinski definition) is 1. The quantitative estimate of drug-likeness (QED) is 0.622. The first-order chi connectivity index (χ1) is 16.6. The molecule has 0 saturated carbocycles. The van der Waals surface area contributed by atoms with Crippen molar-refractivity contribution in [3.8, 4) is 11.3 Å². The molecule has 3 fully saturated rings. The Labute approximate surface area is 198 Å². The summed E-state index contributed by atoms with van der Waals surface area (Å²) in [6.45, 7) is 5.02. The van der Waals surface area contributed by atoms with Crippen LogP contribution in [0.5, 0.6) is 0 Å². The number of nitrogens with one attached hydrogen (secondary N) is 1. The van der Waals surface area contributed by atoms with Crippen LogP contribution in [0, 0.1) is 5.82 Å². The molecule has 2 aromatic heterocycles. The molecule has 0 aliphatic carbocycles. The van der Waals surface area contributed by atoms with Gasteiger partial charge in [-0.15, -0.1) is 0 Å². The SMILES string of the molecule is CN1C[C@H]2C[C@@H]1CN2c1ccc(Nc2nccc(-c3ccc(N4CCOCC4)nc3)n2)cc1F. The van der Waals surface area contributed by atoms with E-state index in [9.17, 15) is 0 Å². The third-order valence-electron chi connectivity index (χ3n) is 7.06. The fourth-order valence-electron chi connectivity index (χ4n) is 5.20. The van der Waals surface area contributed by atoms with Crippen LogP contribution in [0.3, 0.4) is 0 Å². The number of likely N-dealkylation sites (N-methyl/N-ethyl adjacent to an activating group) is 1. The molecular formula is C25H28FN7O. The molecule has 2 atom stereocenters. The van der Waals surface area contributed by atoms with Crippen LogP contribution in [0.15, 0.2) is 48.8 Å². The average Bonchev–Trinajstić information content (AvgIpc) is 3.45. The van der Waals surface area contributed by atoms with Crippen LogP contribution in [-0.4, -0.2) is 78.4 Å². The zero-order chi connectivity index (χ0) is 23.1. The summed E-state index contributed by atoms with van der Waals surface area (Å²) in [4.78, 5) is 20.3. The Balaban J connectivity index is 1.16. The molecule has 0 radical (unpaired) electrons. The van der Waals surface area contributed by atoms with Crippen molar-refractivity contribution in [1.82, 2.24) is 19.9 Å². The minimum atomic E-state index is -0.223. The molecule has 0 amide bonds. The summed E-state index contributed by atoms with van der Waals surface area (Å²) in [5.41, 5.74) is 2.96. The molecule has 0 spiro atoms. The van der Waals surface area contributed by atoms with Crippen molar-refractivity contribution in [3.63, 3.8) is 0 Å². The standard InChI is InChI=1S/C25H28FN7O/c1-31-15-20-13-19(31)16-33(20)23-4-3-18(12-21(23)26)29-25-27-7-6-22(30-25)17-2-5-24(28-14-17)32-8-10-34-11-9-32/h2-7,12,14,19-20H,8-11,13,15-16H2,1H3,(H,27,29,30)/t19-,20-/m1/s1. The number of piperazine rings is 1. The maximum absolute atomic E-state index is 15.0. The number of likely N-dealkylation sites (tertiary alicyclic amines) is 1. The van der Waals surface area contributed by atoms with Crippen molar-refractivity contribution < 1.29 is 9.13 Å². The van der Waals surface area contributed by atoms with Crippen molar-refractivity contribution in [3.05, 3.63) is 54.6 Å². The Morgan fingerprint density at radius 2 is 1.91 bits per heavy atom. The van der Waals surface area contributed by atoms with Gasteiger partial charge in [-0.1, -0.05) is 0 Å². The van der Waals surface area contributed by atoms with E-state index in [1.807, 2.05) is 36.5 Å². The molecule has 8 nitrogen and oxygen atoms in total. The molecule has 6 rings (SSSR count). The lowest BCUT2D eigenvalue weighted by molar-refractivity contribution is 0.122. The first-order valence-electron chi connectivity index (χ1n) is 11.8. The van der Waals surface area contributed by atoms with Gasteiger partial charge in [-0.25, -0.2) is 19.3 Å². The number of pyridine rings is 1. The molecule has 176 valence electrons. The van der Waals surface area contributed by atoms with Gasteiger partial charge < -0.3 is 19.9 Å². The van der Waals surface area contributed by atoms with Gasteiger partial charge in [-0.05, 0) is 49.9 Å². The van der Waals surface area contributed by atoms with E-state index >= 15 is 4.39 Å². The topological polar surface area (TPSA) is 69.7 Å². The van der Waals surface area contributed by atoms with Crippen LogP contribution in [0.2, 0.25) is 0 Å². The molecule has 3 aliphatic rings. The summed E-state index contributed by atoms with van der Waals surface area (Å²) in [6.07, 6.45) is 4.63. The predicted octanol–water partition coefficient (Wildman–Crippen LogP) is 3.15. The summed E-state index contributed by atoms with van der Waals surface area (Å²) in [6, 6.07) is 12.1. The van der Waals surface area contributed by atoms with E-state index in [0.717, 1.165) is 62.9 Å². The highest BCUT2D eigenvalue weighted by molar-refractivity contribution is 5.64. The van der Waals surface area contributed by atoms with E-state index in [-0.39, 0.29) is 5.82 Å². The second-order valence-corrected chi connectivity index (χ2v) is 9.20. The number of anilines is 4. The highest BCUT2D eigenvalue weighted by Crippen LogP contribution is 2.36. The molecule has 34 heavy (non-hydrogen) atoms. The first kappa shape index (κ1) is 21.2. The van der Waals surface area contributed by atoms with E-state index in [1.165, 1.54) is 6.07 Å². The van der Waals surface area contributed by atoms with Gasteiger partial charge in [0.2, 0.25) is 5.95 Å². The summed E-state index contributed by atoms with van der Waals surface area (Å²) in [7, 11) is 2.15. The molecule has 9 heteroatoms. The minimum Gasteiger partial charge on any atom is -0.378 e. The molecular weight excluding hydrogens is 433 g/mol. The van der Waals surface area contributed by atoms with Crippen LogP contribution >= 0.6 is 0 Å². The van der Waals surface area contributed by atoms with Gasteiger partial charge >= 0.3 is 0 Å². The number of fused-ring (bicyclic) bond motifs is 2. The largest absolute Gasteiger partial charge is 0.378 e. The molecule has 1 N–H and O–H groups in total. The van der Waals surface area contributed by atoms with Crippen molar-refractivity contribution in [2.45, 2.75) is 18.5 Å². The lowest BCUT2D eigenvalue weighted by atomic mass is 10.2. The third-order valence-corrected chi connectivity index (χ3v) is 7.06. The fourth-order valence-corrected chi connectivity index (χ4v) is 5.20. The Morgan fingerprint density at radius 3 is 2.62 bits per heavy atom. The van der Waals surface area contributed by atoms with E-state index in [0.29, 0.717) is 29.4 Å². The second-order valence-electron chi connectivity index (χ2n) is 9.20. The molecule has 2 bridgehead atoms. The van der Waals surface area contributed by atoms with Crippen LogP contribution < -0.4 is 15.1 Å². The number of morpholine rings is 1. The van der Waals surface area contributed by atoms with Gasteiger partial charge in [0.15, 0.2) is 0 Å². The van der Waals surface area contributed by atoms with Crippen molar-refractivity contribution >= 4 is 23.1 Å². The van der Waals surface area contributed by atoms with Gasteiger partial charge in [-0.3, -0.25) is 4.90 Å². The Bertz CT molecular complexity index is 1170. The Kier molecular flexibility index (Phi) is 5.50. The molecule has 3 aromatic rings. The first-order valence-corrected chi connectivity index (χ1v) is 11.8. The number of ether oxygens (including phenoxy) is 1. The molecule has 5 heterocycles. The third kappa shape index (κ3) is 4.05. The number of halogens is 1. The fraction of sp³-hybridized carbons (Fsp3) is 0.400. The predicted molar refractivity (Wildman–Crippen MR) is 130 cm³/mol. The van der Waals surface area contributed by atoms with Gasteiger partial charge in [0, 0.05) is 61.9 Å². The number of hydrogen-bond acceptors (Lipinski definition) is 8. The van der Waals surface area contributed by atoms with Crippen molar-refractivity contribution in [2.24, 2.45) is 0 Å². The van der Waals surface area contributed by atoms with Crippen molar-refractivity contribution in [2.75, 3.05) is 61.6 Å². The number of nitrogens with zero attached hydrogens (tertiary/aromatic N) is 6. The summed E-state index contributed by atoms with van der Waals surface area (Å²) in [5.74, 6) is 1.14. The number of aromatic nitrogens is 3. The van der Waals surface area contributed by atoms with Crippen molar-refractivity contribution in [1.29, 1.82) is 0 Å². The average molecular weight is 462 g/mol. The monoisotopic (exact) mass is 461 g/mol.